The smallest absolute Gasteiger partial charge is 0.191 e. The maximum absolute atomic E-state index is 4.29. The van der Waals surface area contributed by atoms with E-state index in [0.29, 0.717) is 17.5 Å². The normalized spacial score (nSPS) is 30.3. The summed E-state index contributed by atoms with van der Waals surface area (Å²) in [6.07, 6.45) is 6.59. The molecule has 0 aromatic heterocycles. The van der Waals surface area contributed by atoms with Crippen LogP contribution in [0.15, 0.2) is 4.99 Å². The predicted molar refractivity (Wildman–Crippen MR) is 64.1 cm³/mol. The molecule has 2 saturated carbocycles. The SMILES string of the molecule is CN=C(NC1CCCC1)NC1CC1(C)C. The zero-order chi connectivity index (χ0) is 10.9. The molecule has 0 aromatic carbocycles. The van der Waals surface area contributed by atoms with Gasteiger partial charge in [-0.15, -0.1) is 0 Å². The Balaban J connectivity index is 1.78. The lowest BCUT2D eigenvalue weighted by atomic mass is 10.2. The van der Waals surface area contributed by atoms with Gasteiger partial charge < -0.3 is 10.6 Å². The summed E-state index contributed by atoms with van der Waals surface area (Å²) in [5, 5.41) is 7.01. The second kappa shape index (κ2) is 4.03. The van der Waals surface area contributed by atoms with Crippen molar-refractivity contribution in [3.05, 3.63) is 0 Å². The van der Waals surface area contributed by atoms with Crippen molar-refractivity contribution in [1.82, 2.24) is 10.6 Å². The lowest BCUT2D eigenvalue weighted by Gasteiger charge is -2.17. The van der Waals surface area contributed by atoms with Crippen LogP contribution in [-0.4, -0.2) is 25.1 Å². The van der Waals surface area contributed by atoms with Gasteiger partial charge in [0.15, 0.2) is 5.96 Å². The lowest BCUT2D eigenvalue weighted by Crippen LogP contribution is -2.44. The van der Waals surface area contributed by atoms with Crippen molar-refractivity contribution in [2.75, 3.05) is 7.05 Å². The molecule has 86 valence electrons. The van der Waals surface area contributed by atoms with Gasteiger partial charge in [0.05, 0.1) is 0 Å². The van der Waals surface area contributed by atoms with Crippen LogP contribution in [0, 0.1) is 5.41 Å². The van der Waals surface area contributed by atoms with Crippen molar-refractivity contribution in [2.24, 2.45) is 10.4 Å². The third-order valence-corrected chi connectivity index (χ3v) is 3.74. The second-order valence-electron chi connectivity index (χ2n) is 5.59. The second-order valence-corrected chi connectivity index (χ2v) is 5.59. The molecule has 0 aromatic rings. The Hall–Kier alpha value is -0.730. The van der Waals surface area contributed by atoms with Crippen molar-refractivity contribution < 1.29 is 0 Å². The highest BCUT2D eigenvalue weighted by molar-refractivity contribution is 5.80. The van der Waals surface area contributed by atoms with E-state index in [2.05, 4.69) is 29.5 Å². The summed E-state index contributed by atoms with van der Waals surface area (Å²) in [6.45, 7) is 4.60. The van der Waals surface area contributed by atoms with Crippen LogP contribution in [0.1, 0.15) is 46.0 Å². The fraction of sp³-hybridized carbons (Fsp3) is 0.917. The fourth-order valence-electron chi connectivity index (χ4n) is 2.31. The molecule has 0 amide bonds. The number of hydrogen-bond donors (Lipinski definition) is 2. The van der Waals surface area contributed by atoms with Gasteiger partial charge in [0, 0.05) is 19.1 Å². The zero-order valence-corrected chi connectivity index (χ0v) is 10.1. The molecule has 0 heterocycles. The molecule has 2 N–H and O–H groups in total. The highest BCUT2D eigenvalue weighted by Gasteiger charge is 2.46. The first-order valence-corrected chi connectivity index (χ1v) is 6.12. The molecule has 2 aliphatic carbocycles. The fourth-order valence-corrected chi connectivity index (χ4v) is 2.31. The van der Waals surface area contributed by atoms with Crippen molar-refractivity contribution in [3.63, 3.8) is 0 Å². The van der Waals surface area contributed by atoms with E-state index >= 15 is 0 Å². The zero-order valence-electron chi connectivity index (χ0n) is 10.1. The van der Waals surface area contributed by atoms with Crippen LogP contribution in [0.4, 0.5) is 0 Å². The van der Waals surface area contributed by atoms with Crippen LogP contribution in [0.3, 0.4) is 0 Å². The molecule has 1 atom stereocenters. The minimum Gasteiger partial charge on any atom is -0.354 e. The van der Waals surface area contributed by atoms with Gasteiger partial charge >= 0.3 is 0 Å². The Morgan fingerprint density at radius 1 is 1.20 bits per heavy atom. The summed E-state index contributed by atoms with van der Waals surface area (Å²) in [5.41, 5.74) is 0.466. The van der Waals surface area contributed by atoms with Crippen LogP contribution >= 0.6 is 0 Å². The van der Waals surface area contributed by atoms with Gasteiger partial charge in [-0.25, -0.2) is 0 Å². The topological polar surface area (TPSA) is 36.4 Å². The summed E-state index contributed by atoms with van der Waals surface area (Å²) in [6, 6.07) is 1.27. The van der Waals surface area contributed by atoms with Crippen LogP contribution in [0.25, 0.3) is 0 Å². The number of rotatable bonds is 2. The summed E-state index contributed by atoms with van der Waals surface area (Å²) in [4.78, 5) is 4.29. The van der Waals surface area contributed by atoms with E-state index in [-0.39, 0.29) is 0 Å². The van der Waals surface area contributed by atoms with Crippen LogP contribution in [0.5, 0.6) is 0 Å². The van der Waals surface area contributed by atoms with E-state index in [4.69, 9.17) is 0 Å². The van der Waals surface area contributed by atoms with Crippen molar-refractivity contribution >= 4 is 5.96 Å². The number of guanidine groups is 1. The molecule has 0 aliphatic heterocycles. The van der Waals surface area contributed by atoms with Crippen molar-refractivity contribution in [2.45, 2.75) is 58.0 Å². The summed E-state index contributed by atoms with van der Waals surface area (Å²) in [7, 11) is 1.86. The van der Waals surface area contributed by atoms with E-state index in [9.17, 15) is 0 Å². The number of nitrogens with zero attached hydrogens (tertiary/aromatic N) is 1. The van der Waals surface area contributed by atoms with Gasteiger partial charge in [-0.1, -0.05) is 26.7 Å². The number of hydrogen-bond acceptors (Lipinski definition) is 1. The average molecular weight is 209 g/mol. The molecule has 2 fully saturated rings. The van der Waals surface area contributed by atoms with E-state index < -0.39 is 0 Å². The highest BCUT2D eigenvalue weighted by atomic mass is 15.2. The summed E-state index contributed by atoms with van der Waals surface area (Å²) in [5.74, 6) is 0.998. The average Bonchev–Trinajstić information content (AvgIpc) is 2.65. The molecule has 2 rings (SSSR count). The number of aliphatic imine (C=N–C) groups is 1. The van der Waals surface area contributed by atoms with Gasteiger partial charge in [-0.3, -0.25) is 4.99 Å². The van der Waals surface area contributed by atoms with Gasteiger partial charge in [0.2, 0.25) is 0 Å². The van der Waals surface area contributed by atoms with Crippen LogP contribution < -0.4 is 10.6 Å². The molecule has 0 bridgehead atoms. The maximum atomic E-state index is 4.29. The predicted octanol–water partition coefficient (Wildman–Crippen LogP) is 1.89. The van der Waals surface area contributed by atoms with E-state index in [1.807, 2.05) is 7.05 Å². The standard InChI is InChI=1S/C12H23N3/c1-12(2)8-10(12)15-11(13-3)14-9-6-4-5-7-9/h9-10H,4-8H2,1-3H3,(H2,13,14,15). The molecular formula is C12H23N3. The van der Waals surface area contributed by atoms with E-state index in [0.717, 1.165) is 5.96 Å². The molecule has 0 radical (unpaired) electrons. The first-order valence-electron chi connectivity index (χ1n) is 6.12. The van der Waals surface area contributed by atoms with Crippen molar-refractivity contribution in [3.8, 4) is 0 Å². The third-order valence-electron chi connectivity index (χ3n) is 3.74. The maximum Gasteiger partial charge on any atom is 0.191 e. The monoisotopic (exact) mass is 209 g/mol. The molecule has 0 spiro atoms. The van der Waals surface area contributed by atoms with Crippen LogP contribution in [0.2, 0.25) is 0 Å². The Labute approximate surface area is 92.7 Å². The van der Waals surface area contributed by atoms with Gasteiger partial charge in [-0.05, 0) is 24.7 Å². The van der Waals surface area contributed by atoms with Crippen LogP contribution in [-0.2, 0) is 0 Å². The molecule has 3 nitrogen and oxygen atoms in total. The Morgan fingerprint density at radius 3 is 2.27 bits per heavy atom. The first kappa shape index (κ1) is 10.8. The molecule has 0 saturated heterocycles. The molecule has 3 heteroatoms. The first-order chi connectivity index (χ1) is 7.12. The Kier molecular flexibility index (Phi) is 2.89. The highest BCUT2D eigenvalue weighted by Crippen LogP contribution is 2.44. The molecule has 1 unspecified atom stereocenters. The summed E-state index contributed by atoms with van der Waals surface area (Å²) >= 11 is 0. The Morgan fingerprint density at radius 2 is 1.80 bits per heavy atom. The summed E-state index contributed by atoms with van der Waals surface area (Å²) < 4.78 is 0. The van der Waals surface area contributed by atoms with Gasteiger partial charge in [-0.2, -0.15) is 0 Å². The van der Waals surface area contributed by atoms with Gasteiger partial charge in [0.25, 0.3) is 0 Å². The Bertz CT molecular complexity index is 243. The van der Waals surface area contributed by atoms with Gasteiger partial charge in [0.1, 0.15) is 0 Å². The molecular weight excluding hydrogens is 186 g/mol. The molecule has 15 heavy (non-hydrogen) atoms. The minimum absolute atomic E-state index is 0.466. The van der Waals surface area contributed by atoms with Crippen molar-refractivity contribution in [1.29, 1.82) is 0 Å². The van der Waals surface area contributed by atoms with E-state index in [1.165, 1.54) is 32.1 Å². The minimum atomic E-state index is 0.466. The molecule has 2 aliphatic rings. The quantitative estimate of drug-likeness (QED) is 0.538. The van der Waals surface area contributed by atoms with E-state index in [1.54, 1.807) is 0 Å². The lowest BCUT2D eigenvalue weighted by molar-refractivity contribution is 0.571. The largest absolute Gasteiger partial charge is 0.354 e. The number of nitrogens with one attached hydrogen (secondary N) is 2. The third kappa shape index (κ3) is 2.64.